The molecule has 9 rings (SSSR count). The fourth-order valence-corrected chi connectivity index (χ4v) is 8.02. The number of ether oxygens (including phenoxy) is 6. The zero-order valence-corrected chi connectivity index (χ0v) is 52.6. The Bertz CT molecular complexity index is 3280. The summed E-state index contributed by atoms with van der Waals surface area (Å²) in [6.45, 7) is 24.2. The number of nitrogens with zero attached hydrogens (tertiary/aromatic N) is 1. The van der Waals surface area contributed by atoms with Crippen LogP contribution < -0.4 is 25.9 Å². The van der Waals surface area contributed by atoms with Crippen LogP contribution in [0.25, 0.3) is 0 Å². The molecule has 466 valence electrons. The average molecular weight is 1220 g/mol. The number of hydrogen-bond donors (Lipinski definition) is 2. The van der Waals surface area contributed by atoms with Gasteiger partial charge in [-0.25, -0.2) is 19.2 Å². The van der Waals surface area contributed by atoms with E-state index < -0.39 is 65.8 Å². The number of carbonyl (C=O) groups is 4. The minimum absolute atomic E-state index is 0.0167. The van der Waals surface area contributed by atoms with Gasteiger partial charge < -0.3 is 66.6 Å². The van der Waals surface area contributed by atoms with Crippen LogP contribution in [-0.2, 0) is 66.7 Å². The van der Waals surface area contributed by atoms with Crippen LogP contribution in [0.3, 0.4) is 0 Å². The molecule has 2 N–H and O–H groups in total. The smallest absolute Gasteiger partial charge is 0.507 e. The lowest BCUT2D eigenvalue weighted by molar-refractivity contribution is -0.384. The molecule has 26 heteroatoms. The number of aliphatic hydroxyl groups is 1. The Morgan fingerprint density at radius 2 is 0.798 bits per heavy atom. The van der Waals surface area contributed by atoms with Gasteiger partial charge in [0.05, 0.1) is 59.4 Å². The number of aromatic hydroxyl groups is 1. The molecule has 0 aliphatic carbocycles. The largest absolute Gasteiger partial charge is 0.514 e. The second-order valence-corrected chi connectivity index (χ2v) is 23.2. The molecule has 0 spiro atoms. The monoisotopic (exact) mass is 1220 g/mol. The van der Waals surface area contributed by atoms with E-state index in [0.717, 1.165) is 33.1 Å². The Kier molecular flexibility index (Phi) is 25.0. The van der Waals surface area contributed by atoms with Crippen molar-refractivity contribution < 1.29 is 90.7 Å². The Morgan fingerprint density at radius 3 is 1.15 bits per heavy atom. The van der Waals surface area contributed by atoms with Crippen molar-refractivity contribution in [1.82, 2.24) is 0 Å². The van der Waals surface area contributed by atoms with Crippen LogP contribution in [0, 0.1) is 10.1 Å². The number of non-ortho nitro benzene ring substituents is 1. The molecule has 3 aliphatic heterocycles. The standard InChI is InChI=1S/C22H25BO7.C20H22BNO7.C13H19BO3.C8H8O3.B2/c1-21(2)22(3,4)30-23(29-21)16-12-10-15(11-13-16)14-27-20(25)28-18-9-7-6-8-17(18)19(24)26-5;1-19(2)20(3,4)29-21(28-19)15-7-5-14(6-8-15)13-26-18(23)27-17-11-9-16(10-12-17)22(24)25;1-12(2)13(3,4)17-14(16-12)11-7-5-10(9-15)6-8-11;1-11-8(10)6-4-2-3-5-7(6)9;1-2/h6-13H,14H2,1-5H3;5-12H,13H2,1-4H3;5-8,15H,9H2,1-4H3;2-5,9H,1H3;. The molecule has 89 heavy (non-hydrogen) atoms. The van der Waals surface area contributed by atoms with Crippen LogP contribution in [0.2, 0.25) is 0 Å². The number of esters is 2. The number of phenolic OH excluding ortho intramolecular Hbond substituents is 1. The lowest BCUT2D eigenvalue weighted by Crippen LogP contribution is -2.41. The third-order valence-electron chi connectivity index (χ3n) is 15.5. The van der Waals surface area contributed by atoms with Gasteiger partial charge in [-0.3, -0.25) is 10.1 Å². The fourth-order valence-electron chi connectivity index (χ4n) is 8.02. The van der Waals surface area contributed by atoms with Crippen LogP contribution in [0.1, 0.15) is 120 Å². The summed E-state index contributed by atoms with van der Waals surface area (Å²) in [5.41, 5.74) is 3.14. The molecule has 0 amide bonds. The van der Waals surface area contributed by atoms with E-state index >= 15 is 0 Å². The number of rotatable bonds is 13. The van der Waals surface area contributed by atoms with Gasteiger partial charge in [0.2, 0.25) is 0 Å². The third kappa shape index (κ3) is 19.3. The maximum Gasteiger partial charge on any atom is 0.514 e. The minimum Gasteiger partial charge on any atom is -0.507 e. The molecule has 0 bridgehead atoms. The van der Waals surface area contributed by atoms with Crippen LogP contribution in [-0.4, -0.2) is 124 Å². The first-order valence-electron chi connectivity index (χ1n) is 28.1. The normalized spacial score (nSPS) is 16.6. The van der Waals surface area contributed by atoms with E-state index in [4.69, 9.17) is 57.1 Å². The molecule has 6 aromatic carbocycles. The Labute approximate surface area is 523 Å². The van der Waals surface area contributed by atoms with Gasteiger partial charge in [0, 0.05) is 27.6 Å². The van der Waals surface area contributed by atoms with Crippen LogP contribution in [0.4, 0.5) is 15.3 Å². The van der Waals surface area contributed by atoms with Gasteiger partial charge in [-0.15, -0.1) is 0 Å². The van der Waals surface area contributed by atoms with Gasteiger partial charge in [0.15, 0.2) is 0 Å². The maximum atomic E-state index is 12.0. The van der Waals surface area contributed by atoms with E-state index in [1.807, 2.05) is 156 Å². The summed E-state index contributed by atoms with van der Waals surface area (Å²) in [5, 5.41) is 28.7. The first-order valence-corrected chi connectivity index (χ1v) is 28.1. The summed E-state index contributed by atoms with van der Waals surface area (Å²) in [7, 11) is 9.29. The summed E-state index contributed by atoms with van der Waals surface area (Å²) in [5.74, 6) is -0.943. The first-order chi connectivity index (χ1) is 41.8. The highest BCUT2D eigenvalue weighted by atomic mass is 16.7. The van der Waals surface area contributed by atoms with Crippen molar-refractivity contribution >= 4 is 83.2 Å². The Balaban J connectivity index is 0.000000227. The second kappa shape index (κ2) is 31.0. The predicted octanol–water partition coefficient (Wildman–Crippen LogP) is 8.99. The van der Waals surface area contributed by atoms with Gasteiger partial charge in [-0.05, 0) is 153 Å². The lowest BCUT2D eigenvalue weighted by atomic mass is 9.79. The summed E-state index contributed by atoms with van der Waals surface area (Å²) >= 11 is 0. The number of hydrogen-bond acceptors (Lipinski definition) is 20. The molecule has 3 heterocycles. The van der Waals surface area contributed by atoms with Gasteiger partial charge in [0.1, 0.15) is 41.6 Å². The molecule has 0 saturated carbocycles. The highest BCUT2D eigenvalue weighted by molar-refractivity contribution is 6.75. The van der Waals surface area contributed by atoms with Crippen LogP contribution in [0.15, 0.2) is 146 Å². The summed E-state index contributed by atoms with van der Waals surface area (Å²) in [6.07, 6.45) is -1.81. The number of nitro groups is 1. The number of phenols is 1. The van der Waals surface area contributed by atoms with Crippen molar-refractivity contribution in [2.75, 3.05) is 14.2 Å². The Hall–Kier alpha value is -7.96. The molecule has 3 saturated heterocycles. The molecule has 21 nitrogen and oxygen atoms in total. The van der Waals surface area contributed by atoms with Crippen molar-refractivity contribution in [3.8, 4) is 17.2 Å². The SMILES string of the molecule is CC1(C)OB(c2ccc(CO)cc2)OC1(C)C.CC1(C)OB(c2ccc(COC(=O)Oc3ccc([N+](=O)[O-])cc3)cc2)OC1(C)C.COC(=O)c1ccccc1O.COC(=O)c1ccccc1OC(=O)OCc1ccc(B2OC(C)(C)C(C)(C)O2)cc1.[B][B]. The fraction of sp³-hybridized carbons (Fsp3) is 0.365. The summed E-state index contributed by atoms with van der Waals surface area (Å²) < 4.78 is 65.4. The van der Waals surface area contributed by atoms with Crippen molar-refractivity contribution in [1.29, 1.82) is 0 Å². The zero-order valence-electron chi connectivity index (χ0n) is 52.6. The average Bonchev–Trinajstić information content (AvgIpc) is 2.15. The Morgan fingerprint density at radius 1 is 0.472 bits per heavy atom. The molecule has 4 radical (unpaired) electrons. The van der Waals surface area contributed by atoms with Gasteiger partial charge in [0.25, 0.3) is 5.69 Å². The van der Waals surface area contributed by atoms with Gasteiger partial charge in [-0.2, -0.15) is 0 Å². The molecule has 3 fully saturated rings. The van der Waals surface area contributed by atoms with E-state index in [2.05, 4.69) is 24.9 Å². The van der Waals surface area contributed by atoms with Crippen LogP contribution in [0.5, 0.6) is 17.2 Å². The van der Waals surface area contributed by atoms with E-state index in [1.165, 1.54) is 62.8 Å². The van der Waals surface area contributed by atoms with Gasteiger partial charge in [-0.1, -0.05) is 97.1 Å². The molecule has 0 atom stereocenters. The van der Waals surface area contributed by atoms with E-state index in [9.17, 15) is 29.3 Å². The highest BCUT2D eigenvalue weighted by Gasteiger charge is 2.53. The highest BCUT2D eigenvalue weighted by Crippen LogP contribution is 2.39. The number of benzene rings is 6. The molecular formula is C63H74B5NO20. The molecule has 3 aliphatic rings. The third-order valence-corrected chi connectivity index (χ3v) is 15.5. The van der Waals surface area contributed by atoms with Crippen molar-refractivity contribution in [3.63, 3.8) is 0 Å². The topological polar surface area (TPSA) is 263 Å². The van der Waals surface area contributed by atoms with E-state index in [-0.39, 0.29) is 72.2 Å². The number of carbonyl (C=O) groups excluding carboxylic acids is 4. The number of nitro benzene ring substituents is 1. The zero-order chi connectivity index (χ0) is 66.1. The number of aliphatic hydroxyl groups excluding tert-OH is 1. The summed E-state index contributed by atoms with van der Waals surface area (Å²) in [6, 6.07) is 40.1. The second-order valence-electron chi connectivity index (χ2n) is 23.2. The minimum atomic E-state index is -0.915. The lowest BCUT2D eigenvalue weighted by Gasteiger charge is -2.32. The molecular weight excluding hydrogens is 1140 g/mol. The molecule has 6 aromatic rings. The van der Waals surface area contributed by atoms with E-state index in [1.54, 1.807) is 24.3 Å². The quantitative estimate of drug-likeness (QED) is 0.0273. The maximum absolute atomic E-state index is 12.0. The van der Waals surface area contributed by atoms with Crippen LogP contribution >= 0.6 is 0 Å². The summed E-state index contributed by atoms with van der Waals surface area (Å²) in [4.78, 5) is 56.5. The van der Waals surface area contributed by atoms with Crippen molar-refractivity contribution in [3.05, 3.63) is 184 Å². The molecule has 0 unspecified atom stereocenters. The number of para-hydroxylation sites is 2. The van der Waals surface area contributed by atoms with Crippen molar-refractivity contribution in [2.24, 2.45) is 0 Å². The number of methoxy groups -OCH3 is 2. The van der Waals surface area contributed by atoms with Crippen molar-refractivity contribution in [2.45, 2.75) is 137 Å². The molecule has 0 aromatic heterocycles. The predicted molar refractivity (Wildman–Crippen MR) is 336 cm³/mol. The van der Waals surface area contributed by atoms with Gasteiger partial charge >= 0.3 is 45.6 Å². The first kappa shape index (κ1) is 71.8. The van der Waals surface area contributed by atoms with E-state index in [0.29, 0.717) is 0 Å².